The van der Waals surface area contributed by atoms with Gasteiger partial charge in [-0.05, 0) is 31.4 Å². The normalized spacial score (nSPS) is 17.0. The maximum Gasteiger partial charge on any atom is 0.165 e. The lowest BCUT2D eigenvalue weighted by Gasteiger charge is -2.16. The Morgan fingerprint density at radius 3 is 2.50 bits per heavy atom. The van der Waals surface area contributed by atoms with Crippen LogP contribution in [0.25, 0.3) is 0 Å². The van der Waals surface area contributed by atoms with Gasteiger partial charge in [0.05, 0.1) is 14.2 Å². The van der Waals surface area contributed by atoms with Gasteiger partial charge in [-0.25, -0.2) is 0 Å². The van der Waals surface area contributed by atoms with E-state index in [1.165, 1.54) is 0 Å². The van der Waals surface area contributed by atoms with Gasteiger partial charge in [0.1, 0.15) is 0 Å². The molecule has 0 amide bonds. The highest BCUT2D eigenvalue weighted by molar-refractivity contribution is 6.31. The maximum atomic E-state index is 6.18. The van der Waals surface area contributed by atoms with Crippen LogP contribution in [0, 0.1) is 0 Å². The Bertz CT molecular complexity index is 402. The smallest absolute Gasteiger partial charge is 0.165 e. The molecule has 0 aromatic heterocycles. The van der Waals surface area contributed by atoms with Crippen LogP contribution in [0.2, 0.25) is 5.02 Å². The van der Waals surface area contributed by atoms with Gasteiger partial charge in [0, 0.05) is 16.1 Å². The minimum Gasteiger partial charge on any atom is -0.493 e. The highest BCUT2D eigenvalue weighted by Gasteiger charge is 2.39. The molecule has 1 aromatic carbocycles. The Kier molecular flexibility index (Phi) is 3.00. The third-order valence-electron chi connectivity index (χ3n) is 3.01. The Balaban J connectivity index is 2.39. The van der Waals surface area contributed by atoms with Crippen LogP contribution in [0.3, 0.4) is 0 Å². The van der Waals surface area contributed by atoms with Gasteiger partial charge in [-0.1, -0.05) is 11.6 Å². The van der Waals surface area contributed by atoms with Crippen molar-refractivity contribution in [3.8, 4) is 11.5 Å². The monoisotopic (exact) mass is 241 g/mol. The summed E-state index contributed by atoms with van der Waals surface area (Å²) in [5, 5.41) is 0.689. The number of benzene rings is 1. The van der Waals surface area contributed by atoms with E-state index < -0.39 is 0 Å². The Hall–Kier alpha value is -0.930. The molecule has 0 unspecified atom stereocenters. The average molecular weight is 242 g/mol. The van der Waals surface area contributed by atoms with Crippen LogP contribution in [-0.4, -0.2) is 19.8 Å². The van der Waals surface area contributed by atoms with Crippen molar-refractivity contribution in [1.82, 2.24) is 0 Å². The van der Waals surface area contributed by atoms with Crippen LogP contribution < -0.4 is 15.2 Å². The molecule has 0 heterocycles. The largest absolute Gasteiger partial charge is 0.493 e. The molecule has 3 nitrogen and oxygen atoms in total. The highest BCUT2D eigenvalue weighted by Crippen LogP contribution is 2.43. The summed E-state index contributed by atoms with van der Waals surface area (Å²) in [5.74, 6) is 1.40. The Labute approximate surface area is 100 Å². The summed E-state index contributed by atoms with van der Waals surface area (Å²) in [6.45, 7) is 0. The Morgan fingerprint density at radius 2 is 2.00 bits per heavy atom. The average Bonchev–Trinajstić information content (AvgIpc) is 2.99. The second-order valence-corrected chi connectivity index (χ2v) is 4.71. The number of halogens is 1. The molecule has 0 bridgehead atoms. The molecule has 0 spiro atoms. The first-order valence-corrected chi connectivity index (χ1v) is 5.66. The van der Waals surface area contributed by atoms with E-state index in [2.05, 4.69) is 0 Å². The molecule has 1 aliphatic rings. The van der Waals surface area contributed by atoms with Crippen molar-refractivity contribution in [3.05, 3.63) is 22.7 Å². The molecule has 88 valence electrons. The molecule has 1 aliphatic carbocycles. The molecule has 16 heavy (non-hydrogen) atoms. The van der Waals surface area contributed by atoms with Crippen molar-refractivity contribution in [2.45, 2.75) is 24.8 Å². The van der Waals surface area contributed by atoms with Gasteiger partial charge < -0.3 is 15.2 Å². The molecule has 0 aliphatic heterocycles. The molecule has 1 aromatic rings. The molecule has 2 N–H and O–H groups in total. The molecule has 1 fully saturated rings. The van der Waals surface area contributed by atoms with E-state index in [1.54, 1.807) is 20.3 Å². The first kappa shape index (κ1) is 11.6. The lowest BCUT2D eigenvalue weighted by atomic mass is 10.0. The van der Waals surface area contributed by atoms with E-state index in [-0.39, 0.29) is 5.54 Å². The molecule has 1 saturated carbocycles. The van der Waals surface area contributed by atoms with E-state index in [0.29, 0.717) is 16.5 Å². The number of hydrogen-bond acceptors (Lipinski definition) is 3. The highest BCUT2D eigenvalue weighted by atomic mass is 35.5. The zero-order valence-electron chi connectivity index (χ0n) is 9.55. The minimum atomic E-state index is -0.0940. The summed E-state index contributed by atoms with van der Waals surface area (Å²) in [6.07, 6.45) is 2.83. The number of hydrogen-bond donors (Lipinski definition) is 1. The van der Waals surface area contributed by atoms with Crippen LogP contribution in [0.1, 0.15) is 18.4 Å². The van der Waals surface area contributed by atoms with E-state index in [1.807, 2.05) is 6.07 Å². The summed E-state index contributed by atoms with van der Waals surface area (Å²) < 4.78 is 10.6. The zero-order valence-corrected chi connectivity index (χ0v) is 10.3. The lowest BCUT2D eigenvalue weighted by molar-refractivity contribution is 0.350. The minimum absolute atomic E-state index is 0.0940. The Morgan fingerprint density at radius 1 is 1.31 bits per heavy atom. The third kappa shape index (κ3) is 2.11. The predicted octanol–water partition coefficient (Wildman–Crippen LogP) is 2.39. The standard InChI is InChI=1S/C12H16ClNO2/c1-15-10-4-3-9(13)8(11(10)16-2)7-12(14)5-6-12/h3-4H,5-7,14H2,1-2H3. The molecule has 2 rings (SSSR count). The molecular weight excluding hydrogens is 226 g/mol. The van der Waals surface area contributed by atoms with Crippen molar-refractivity contribution in [1.29, 1.82) is 0 Å². The van der Waals surface area contributed by atoms with Crippen molar-refractivity contribution >= 4 is 11.6 Å². The molecule has 0 atom stereocenters. The third-order valence-corrected chi connectivity index (χ3v) is 3.37. The number of rotatable bonds is 4. The van der Waals surface area contributed by atoms with Gasteiger partial charge in [-0.3, -0.25) is 0 Å². The summed E-state index contributed by atoms with van der Waals surface area (Å²) in [4.78, 5) is 0. The fourth-order valence-corrected chi connectivity index (χ4v) is 2.04. The SMILES string of the molecule is COc1ccc(Cl)c(CC2(N)CC2)c1OC. The summed E-state index contributed by atoms with van der Waals surface area (Å²) in [5.41, 5.74) is 6.96. The van der Waals surface area contributed by atoms with Crippen molar-refractivity contribution in [2.24, 2.45) is 5.73 Å². The first-order chi connectivity index (χ1) is 7.59. The maximum absolute atomic E-state index is 6.18. The van der Waals surface area contributed by atoms with Crippen LogP contribution in [0.15, 0.2) is 12.1 Å². The zero-order chi connectivity index (χ0) is 11.8. The van der Waals surface area contributed by atoms with Crippen molar-refractivity contribution in [3.63, 3.8) is 0 Å². The molecule has 0 radical (unpaired) electrons. The van der Waals surface area contributed by atoms with Gasteiger partial charge in [-0.2, -0.15) is 0 Å². The predicted molar refractivity (Wildman–Crippen MR) is 64.4 cm³/mol. The van der Waals surface area contributed by atoms with Crippen LogP contribution in [0.5, 0.6) is 11.5 Å². The van der Waals surface area contributed by atoms with Gasteiger partial charge in [0.25, 0.3) is 0 Å². The van der Waals surface area contributed by atoms with Gasteiger partial charge in [-0.15, -0.1) is 0 Å². The number of nitrogens with two attached hydrogens (primary N) is 1. The summed E-state index contributed by atoms with van der Waals surface area (Å²) in [6, 6.07) is 3.63. The summed E-state index contributed by atoms with van der Waals surface area (Å²) >= 11 is 6.18. The van der Waals surface area contributed by atoms with Gasteiger partial charge >= 0.3 is 0 Å². The summed E-state index contributed by atoms with van der Waals surface area (Å²) in [7, 11) is 3.23. The molecule has 4 heteroatoms. The van der Waals surface area contributed by atoms with Gasteiger partial charge in [0.15, 0.2) is 11.5 Å². The quantitative estimate of drug-likeness (QED) is 0.881. The van der Waals surface area contributed by atoms with Crippen LogP contribution in [0.4, 0.5) is 0 Å². The lowest BCUT2D eigenvalue weighted by Crippen LogP contribution is -2.25. The molecule has 0 saturated heterocycles. The van der Waals surface area contributed by atoms with E-state index in [9.17, 15) is 0 Å². The first-order valence-electron chi connectivity index (χ1n) is 5.28. The van der Waals surface area contributed by atoms with E-state index in [4.69, 9.17) is 26.8 Å². The van der Waals surface area contributed by atoms with Crippen molar-refractivity contribution < 1.29 is 9.47 Å². The second-order valence-electron chi connectivity index (χ2n) is 4.30. The fourth-order valence-electron chi connectivity index (χ4n) is 1.82. The fraction of sp³-hybridized carbons (Fsp3) is 0.500. The van der Waals surface area contributed by atoms with Crippen molar-refractivity contribution in [2.75, 3.05) is 14.2 Å². The van der Waals surface area contributed by atoms with Crippen LogP contribution >= 0.6 is 11.6 Å². The van der Waals surface area contributed by atoms with Crippen LogP contribution in [-0.2, 0) is 6.42 Å². The second kappa shape index (κ2) is 4.15. The van der Waals surface area contributed by atoms with E-state index >= 15 is 0 Å². The number of ether oxygens (including phenoxy) is 2. The van der Waals surface area contributed by atoms with E-state index in [0.717, 1.165) is 24.8 Å². The number of methoxy groups -OCH3 is 2. The van der Waals surface area contributed by atoms with Gasteiger partial charge in [0.2, 0.25) is 0 Å². The molecular formula is C12H16ClNO2. The topological polar surface area (TPSA) is 44.5 Å².